The SMILES string of the molecule is Cc1oc2cc(O[C@H](C)C(=O)N[C@H]3CCS(=O)(=O)C3)ccc2c(=O)c1Oc1ccccc1. The van der Waals surface area contributed by atoms with Crippen molar-refractivity contribution in [3.63, 3.8) is 0 Å². The van der Waals surface area contributed by atoms with Crippen LogP contribution in [0.5, 0.6) is 17.2 Å². The molecule has 168 valence electrons. The smallest absolute Gasteiger partial charge is 0.261 e. The maximum absolute atomic E-state index is 12.9. The number of benzene rings is 2. The normalized spacial score (nSPS) is 18.2. The number of para-hydroxylation sites is 1. The second-order valence-corrected chi connectivity index (χ2v) is 9.99. The van der Waals surface area contributed by atoms with Gasteiger partial charge in [-0.15, -0.1) is 0 Å². The standard InChI is InChI=1S/C23H23NO7S/c1-14-22(31-17-6-4-3-5-7-17)21(25)19-9-8-18(12-20(19)30-14)29-15(2)23(26)24-16-10-11-32(27,28)13-16/h3-9,12,15-16H,10-11,13H2,1-2H3,(H,24,26)/t15-,16+/m1/s1. The number of ether oxygens (including phenoxy) is 2. The van der Waals surface area contributed by atoms with Crippen LogP contribution in [0.4, 0.5) is 0 Å². The first-order valence-electron chi connectivity index (χ1n) is 10.2. The molecule has 0 aliphatic carbocycles. The van der Waals surface area contributed by atoms with Crippen LogP contribution in [-0.2, 0) is 14.6 Å². The van der Waals surface area contributed by atoms with E-state index in [1.165, 1.54) is 0 Å². The molecule has 0 bridgehead atoms. The van der Waals surface area contributed by atoms with E-state index in [2.05, 4.69) is 5.32 Å². The van der Waals surface area contributed by atoms with Gasteiger partial charge in [-0.25, -0.2) is 8.42 Å². The molecule has 1 saturated heterocycles. The molecule has 1 aromatic heterocycles. The lowest BCUT2D eigenvalue weighted by atomic mass is 10.2. The molecule has 1 amide bonds. The van der Waals surface area contributed by atoms with Crippen LogP contribution in [0.15, 0.2) is 57.7 Å². The van der Waals surface area contributed by atoms with Crippen LogP contribution in [0.25, 0.3) is 11.0 Å². The van der Waals surface area contributed by atoms with E-state index in [9.17, 15) is 18.0 Å². The average Bonchev–Trinajstić information content (AvgIpc) is 3.09. The quantitative estimate of drug-likeness (QED) is 0.606. The molecule has 0 unspecified atom stereocenters. The Morgan fingerprint density at radius 2 is 1.91 bits per heavy atom. The Kier molecular flexibility index (Phi) is 5.92. The lowest BCUT2D eigenvalue weighted by Gasteiger charge is -2.17. The molecule has 0 saturated carbocycles. The highest BCUT2D eigenvalue weighted by Crippen LogP contribution is 2.27. The first kappa shape index (κ1) is 21.9. The molecule has 1 aliphatic heterocycles. The highest BCUT2D eigenvalue weighted by molar-refractivity contribution is 7.91. The molecular formula is C23H23NO7S. The number of fused-ring (bicyclic) bond motifs is 1. The molecule has 0 radical (unpaired) electrons. The second-order valence-electron chi connectivity index (χ2n) is 7.76. The van der Waals surface area contributed by atoms with Crippen LogP contribution in [0, 0.1) is 6.92 Å². The van der Waals surface area contributed by atoms with Crippen LogP contribution in [-0.4, -0.2) is 38.0 Å². The Bertz CT molecular complexity index is 1320. The second kappa shape index (κ2) is 8.66. The molecule has 4 rings (SSSR count). The lowest BCUT2D eigenvalue weighted by Crippen LogP contribution is -2.43. The fraction of sp³-hybridized carbons (Fsp3) is 0.304. The molecule has 8 nitrogen and oxygen atoms in total. The van der Waals surface area contributed by atoms with Crippen LogP contribution < -0.4 is 20.2 Å². The zero-order chi connectivity index (χ0) is 22.9. The fourth-order valence-corrected chi connectivity index (χ4v) is 5.22. The van der Waals surface area contributed by atoms with Crippen molar-refractivity contribution >= 4 is 26.7 Å². The van der Waals surface area contributed by atoms with Crippen LogP contribution in [0.1, 0.15) is 19.1 Å². The summed E-state index contributed by atoms with van der Waals surface area (Å²) in [6.45, 7) is 3.21. The van der Waals surface area contributed by atoms with Gasteiger partial charge < -0.3 is 19.2 Å². The van der Waals surface area contributed by atoms with E-state index >= 15 is 0 Å². The highest BCUT2D eigenvalue weighted by atomic mass is 32.2. The summed E-state index contributed by atoms with van der Waals surface area (Å²) in [5, 5.41) is 3.03. The van der Waals surface area contributed by atoms with Crippen molar-refractivity contribution in [2.24, 2.45) is 0 Å². The third kappa shape index (κ3) is 4.77. The summed E-state index contributed by atoms with van der Waals surface area (Å²) < 4.78 is 40.3. The van der Waals surface area contributed by atoms with Crippen molar-refractivity contribution in [3.05, 3.63) is 64.5 Å². The highest BCUT2D eigenvalue weighted by Gasteiger charge is 2.30. The lowest BCUT2D eigenvalue weighted by molar-refractivity contribution is -0.127. The molecule has 3 aromatic rings. The van der Waals surface area contributed by atoms with Crippen LogP contribution in [0.3, 0.4) is 0 Å². The average molecular weight is 458 g/mol. The summed E-state index contributed by atoms with van der Waals surface area (Å²) in [6.07, 6.45) is -0.460. The molecule has 1 fully saturated rings. The van der Waals surface area contributed by atoms with E-state index < -0.39 is 27.9 Å². The zero-order valence-corrected chi connectivity index (χ0v) is 18.5. The van der Waals surface area contributed by atoms with E-state index in [4.69, 9.17) is 13.9 Å². The third-order valence-electron chi connectivity index (χ3n) is 5.21. The van der Waals surface area contributed by atoms with Gasteiger partial charge in [0.05, 0.1) is 16.9 Å². The van der Waals surface area contributed by atoms with Gasteiger partial charge in [0, 0.05) is 12.1 Å². The summed E-state index contributed by atoms with van der Waals surface area (Å²) in [5.74, 6) is 0.909. The van der Waals surface area contributed by atoms with Crippen molar-refractivity contribution in [2.75, 3.05) is 11.5 Å². The van der Waals surface area contributed by atoms with Crippen molar-refractivity contribution in [3.8, 4) is 17.2 Å². The molecular weight excluding hydrogens is 434 g/mol. The Morgan fingerprint density at radius 3 is 2.59 bits per heavy atom. The number of hydrogen-bond donors (Lipinski definition) is 1. The number of carbonyl (C=O) groups is 1. The predicted octanol–water partition coefficient (Wildman–Crippen LogP) is 2.96. The number of sulfone groups is 1. The van der Waals surface area contributed by atoms with Gasteiger partial charge in [-0.2, -0.15) is 0 Å². The van der Waals surface area contributed by atoms with Crippen molar-refractivity contribution < 1.29 is 27.1 Å². The van der Waals surface area contributed by atoms with E-state index in [0.29, 0.717) is 34.6 Å². The van der Waals surface area contributed by atoms with E-state index in [-0.39, 0.29) is 22.7 Å². The largest absolute Gasteiger partial charge is 0.481 e. The monoisotopic (exact) mass is 457 g/mol. The summed E-state index contributed by atoms with van der Waals surface area (Å²) in [4.78, 5) is 25.3. The van der Waals surface area contributed by atoms with Gasteiger partial charge in [-0.1, -0.05) is 18.2 Å². The molecule has 1 aliphatic rings. The number of rotatable bonds is 6. The molecule has 32 heavy (non-hydrogen) atoms. The van der Waals surface area contributed by atoms with Gasteiger partial charge in [0.15, 0.2) is 15.9 Å². The minimum absolute atomic E-state index is 0.0563. The van der Waals surface area contributed by atoms with Crippen molar-refractivity contribution in [1.82, 2.24) is 5.32 Å². The first-order chi connectivity index (χ1) is 15.2. The number of aryl methyl sites for hydroxylation is 1. The minimum atomic E-state index is -3.09. The number of carbonyl (C=O) groups excluding carboxylic acids is 1. The Labute approximate surface area is 185 Å². The minimum Gasteiger partial charge on any atom is -0.481 e. The Balaban J connectivity index is 1.50. The Morgan fingerprint density at radius 1 is 1.16 bits per heavy atom. The summed E-state index contributed by atoms with van der Waals surface area (Å²) in [6, 6.07) is 13.2. The number of nitrogens with one attached hydrogen (secondary N) is 1. The van der Waals surface area contributed by atoms with Gasteiger partial charge in [0.1, 0.15) is 22.8 Å². The predicted molar refractivity (Wildman–Crippen MR) is 119 cm³/mol. The summed E-state index contributed by atoms with van der Waals surface area (Å²) >= 11 is 0. The van der Waals surface area contributed by atoms with E-state index in [1.54, 1.807) is 56.3 Å². The molecule has 9 heteroatoms. The molecule has 2 atom stereocenters. The summed E-state index contributed by atoms with van der Waals surface area (Å²) in [5.41, 5.74) is -0.00714. The number of hydrogen-bond acceptors (Lipinski definition) is 7. The topological polar surface area (TPSA) is 112 Å². The fourth-order valence-electron chi connectivity index (χ4n) is 3.55. The summed E-state index contributed by atoms with van der Waals surface area (Å²) in [7, 11) is -3.09. The maximum Gasteiger partial charge on any atom is 0.261 e. The van der Waals surface area contributed by atoms with Crippen molar-refractivity contribution in [1.29, 1.82) is 0 Å². The number of amides is 1. The van der Waals surface area contributed by atoms with E-state index in [0.717, 1.165) is 0 Å². The molecule has 0 spiro atoms. The van der Waals surface area contributed by atoms with Gasteiger partial charge in [-0.3, -0.25) is 9.59 Å². The van der Waals surface area contributed by atoms with Crippen LogP contribution in [0.2, 0.25) is 0 Å². The van der Waals surface area contributed by atoms with Gasteiger partial charge in [-0.05, 0) is 44.5 Å². The Hall–Kier alpha value is -3.33. The molecule has 1 N–H and O–H groups in total. The first-order valence-corrected chi connectivity index (χ1v) is 12.0. The maximum atomic E-state index is 12.9. The zero-order valence-electron chi connectivity index (χ0n) is 17.7. The van der Waals surface area contributed by atoms with Gasteiger partial charge >= 0.3 is 0 Å². The van der Waals surface area contributed by atoms with Gasteiger partial charge in [0.25, 0.3) is 5.91 Å². The third-order valence-corrected chi connectivity index (χ3v) is 6.98. The molecule has 2 aromatic carbocycles. The van der Waals surface area contributed by atoms with Crippen molar-refractivity contribution in [2.45, 2.75) is 32.4 Å². The van der Waals surface area contributed by atoms with Crippen LogP contribution >= 0.6 is 0 Å². The van der Waals surface area contributed by atoms with E-state index in [1.807, 2.05) is 6.07 Å². The van der Waals surface area contributed by atoms with Gasteiger partial charge in [0.2, 0.25) is 11.2 Å². The molecule has 2 heterocycles.